The molecule has 1 nitrogen and oxygen atoms in total. The first-order chi connectivity index (χ1) is 4.77. The van der Waals surface area contributed by atoms with Gasteiger partial charge in [-0.25, -0.2) is 0 Å². The van der Waals surface area contributed by atoms with Crippen LogP contribution in [0.2, 0.25) is 0 Å². The summed E-state index contributed by atoms with van der Waals surface area (Å²) in [5.74, 6) is 1.11. The summed E-state index contributed by atoms with van der Waals surface area (Å²) in [7, 11) is 0. The average molecular weight is 138 g/mol. The van der Waals surface area contributed by atoms with E-state index in [9.17, 15) is 5.11 Å². The lowest BCUT2D eigenvalue weighted by atomic mass is 9.92. The minimum absolute atomic E-state index is 0.472. The van der Waals surface area contributed by atoms with Crippen molar-refractivity contribution in [2.75, 3.05) is 0 Å². The van der Waals surface area contributed by atoms with E-state index in [-0.39, 0.29) is 0 Å². The molecule has 56 valence electrons. The topological polar surface area (TPSA) is 20.2 Å². The molecule has 0 amide bonds. The van der Waals surface area contributed by atoms with Crippen molar-refractivity contribution in [1.29, 1.82) is 0 Å². The Hall–Kier alpha value is -0.300. The fourth-order valence-corrected chi connectivity index (χ4v) is 1.76. The van der Waals surface area contributed by atoms with Crippen LogP contribution in [0, 0.1) is 11.8 Å². The third-order valence-corrected chi connectivity index (χ3v) is 2.79. The zero-order valence-corrected chi connectivity index (χ0v) is 6.21. The SMILES string of the molecule is C=CC(O)(C1CC1)C1CC1. The molecule has 2 saturated carbocycles. The second kappa shape index (κ2) is 1.85. The lowest BCUT2D eigenvalue weighted by molar-refractivity contribution is 0.0448. The zero-order valence-electron chi connectivity index (χ0n) is 6.21. The van der Waals surface area contributed by atoms with Gasteiger partial charge in [0.05, 0.1) is 5.60 Å². The van der Waals surface area contributed by atoms with Crippen molar-refractivity contribution in [3.63, 3.8) is 0 Å². The Kier molecular flexibility index (Phi) is 1.19. The van der Waals surface area contributed by atoms with Crippen LogP contribution in [0.1, 0.15) is 25.7 Å². The monoisotopic (exact) mass is 138 g/mol. The molecule has 2 aliphatic carbocycles. The summed E-state index contributed by atoms with van der Waals surface area (Å²) in [4.78, 5) is 0. The molecule has 0 saturated heterocycles. The van der Waals surface area contributed by atoms with Gasteiger partial charge >= 0.3 is 0 Å². The molecule has 0 aliphatic heterocycles. The lowest BCUT2D eigenvalue weighted by Crippen LogP contribution is -2.30. The summed E-state index contributed by atoms with van der Waals surface area (Å²) < 4.78 is 0. The first kappa shape index (κ1) is 6.41. The van der Waals surface area contributed by atoms with Crippen LogP contribution >= 0.6 is 0 Å². The molecule has 0 unspecified atom stereocenters. The summed E-state index contributed by atoms with van der Waals surface area (Å²) in [5.41, 5.74) is -0.472. The molecule has 0 aromatic rings. The summed E-state index contributed by atoms with van der Waals surface area (Å²) >= 11 is 0. The molecule has 0 bridgehead atoms. The van der Waals surface area contributed by atoms with E-state index in [2.05, 4.69) is 6.58 Å². The van der Waals surface area contributed by atoms with E-state index in [4.69, 9.17) is 0 Å². The van der Waals surface area contributed by atoms with Crippen LogP contribution in [-0.2, 0) is 0 Å². The highest BCUT2D eigenvalue weighted by Gasteiger charge is 2.51. The summed E-state index contributed by atoms with van der Waals surface area (Å²) in [5, 5.41) is 9.98. The maximum atomic E-state index is 9.98. The van der Waals surface area contributed by atoms with Crippen molar-refractivity contribution in [3.05, 3.63) is 12.7 Å². The molecule has 0 atom stereocenters. The van der Waals surface area contributed by atoms with Crippen LogP contribution in [0.25, 0.3) is 0 Å². The molecular weight excluding hydrogens is 124 g/mol. The minimum atomic E-state index is -0.472. The van der Waals surface area contributed by atoms with Gasteiger partial charge in [-0.15, -0.1) is 6.58 Å². The number of hydrogen-bond acceptors (Lipinski definition) is 1. The van der Waals surface area contributed by atoms with E-state index >= 15 is 0 Å². The normalized spacial score (nSPS) is 26.5. The molecule has 1 heteroatoms. The average Bonchev–Trinajstić information content (AvgIpc) is 2.73. The minimum Gasteiger partial charge on any atom is -0.385 e. The highest BCUT2D eigenvalue weighted by molar-refractivity contribution is 5.12. The first-order valence-electron chi connectivity index (χ1n) is 4.13. The zero-order chi connectivity index (χ0) is 7.19. The lowest BCUT2D eigenvalue weighted by Gasteiger charge is -2.23. The van der Waals surface area contributed by atoms with Crippen LogP contribution < -0.4 is 0 Å². The van der Waals surface area contributed by atoms with Crippen molar-refractivity contribution in [3.8, 4) is 0 Å². The third kappa shape index (κ3) is 0.807. The number of rotatable bonds is 3. The van der Waals surface area contributed by atoms with E-state index in [1.165, 1.54) is 25.7 Å². The molecule has 0 heterocycles. The fraction of sp³-hybridized carbons (Fsp3) is 0.778. The standard InChI is InChI=1S/C9H14O/c1-2-9(10,7-3-4-7)8-5-6-8/h2,7-8,10H,1,3-6H2. The van der Waals surface area contributed by atoms with Crippen molar-refractivity contribution in [2.45, 2.75) is 31.3 Å². The van der Waals surface area contributed by atoms with Crippen LogP contribution in [0.5, 0.6) is 0 Å². The molecule has 2 aliphatic rings. The molecule has 0 aromatic heterocycles. The maximum Gasteiger partial charge on any atom is 0.0881 e. The van der Waals surface area contributed by atoms with Crippen LogP contribution in [-0.4, -0.2) is 10.7 Å². The summed E-state index contributed by atoms with van der Waals surface area (Å²) in [6, 6.07) is 0. The molecule has 0 spiro atoms. The Labute approximate surface area is 61.8 Å². The molecule has 0 aromatic carbocycles. The summed E-state index contributed by atoms with van der Waals surface area (Å²) in [6.07, 6.45) is 6.60. The van der Waals surface area contributed by atoms with E-state index < -0.39 is 5.60 Å². The molecule has 0 radical (unpaired) electrons. The summed E-state index contributed by atoms with van der Waals surface area (Å²) in [6.45, 7) is 3.71. The first-order valence-corrected chi connectivity index (χ1v) is 4.13. The highest BCUT2D eigenvalue weighted by Crippen LogP contribution is 2.52. The smallest absolute Gasteiger partial charge is 0.0881 e. The third-order valence-electron chi connectivity index (χ3n) is 2.79. The van der Waals surface area contributed by atoms with Crippen molar-refractivity contribution >= 4 is 0 Å². The predicted octanol–water partition coefficient (Wildman–Crippen LogP) is 1.72. The van der Waals surface area contributed by atoms with E-state index in [0.717, 1.165) is 0 Å². The van der Waals surface area contributed by atoms with E-state index in [0.29, 0.717) is 11.8 Å². The van der Waals surface area contributed by atoms with Crippen LogP contribution in [0.15, 0.2) is 12.7 Å². The van der Waals surface area contributed by atoms with Gasteiger partial charge in [0, 0.05) is 0 Å². The van der Waals surface area contributed by atoms with Gasteiger partial charge in [0.1, 0.15) is 0 Å². The van der Waals surface area contributed by atoms with Gasteiger partial charge in [-0.3, -0.25) is 0 Å². The van der Waals surface area contributed by atoms with E-state index in [1.54, 1.807) is 6.08 Å². The Bertz CT molecular complexity index is 142. The van der Waals surface area contributed by atoms with Crippen LogP contribution in [0.4, 0.5) is 0 Å². The fourth-order valence-electron chi connectivity index (χ4n) is 1.76. The molecule has 1 N–H and O–H groups in total. The Morgan fingerprint density at radius 1 is 1.20 bits per heavy atom. The van der Waals surface area contributed by atoms with Crippen molar-refractivity contribution in [2.24, 2.45) is 11.8 Å². The van der Waals surface area contributed by atoms with Crippen molar-refractivity contribution in [1.82, 2.24) is 0 Å². The quantitative estimate of drug-likeness (QED) is 0.589. The van der Waals surface area contributed by atoms with Gasteiger partial charge in [-0.1, -0.05) is 6.08 Å². The number of aliphatic hydroxyl groups is 1. The second-order valence-electron chi connectivity index (χ2n) is 3.64. The van der Waals surface area contributed by atoms with Gasteiger partial charge < -0.3 is 5.11 Å². The predicted molar refractivity (Wildman–Crippen MR) is 40.6 cm³/mol. The van der Waals surface area contributed by atoms with Crippen molar-refractivity contribution < 1.29 is 5.11 Å². The Morgan fingerprint density at radius 3 is 1.80 bits per heavy atom. The molecule has 2 fully saturated rings. The Morgan fingerprint density at radius 2 is 1.60 bits per heavy atom. The van der Waals surface area contributed by atoms with Gasteiger partial charge in [-0.05, 0) is 37.5 Å². The van der Waals surface area contributed by atoms with Gasteiger partial charge in [0.2, 0.25) is 0 Å². The van der Waals surface area contributed by atoms with Gasteiger partial charge in [0.15, 0.2) is 0 Å². The second-order valence-corrected chi connectivity index (χ2v) is 3.64. The van der Waals surface area contributed by atoms with Crippen LogP contribution in [0.3, 0.4) is 0 Å². The molecular formula is C9H14O. The molecule has 10 heavy (non-hydrogen) atoms. The maximum absolute atomic E-state index is 9.98. The Balaban J connectivity index is 2.10. The van der Waals surface area contributed by atoms with Gasteiger partial charge in [-0.2, -0.15) is 0 Å². The number of hydrogen-bond donors (Lipinski definition) is 1. The van der Waals surface area contributed by atoms with E-state index in [1.807, 2.05) is 0 Å². The largest absolute Gasteiger partial charge is 0.385 e. The highest BCUT2D eigenvalue weighted by atomic mass is 16.3. The van der Waals surface area contributed by atoms with Gasteiger partial charge in [0.25, 0.3) is 0 Å². The molecule has 2 rings (SSSR count).